The van der Waals surface area contributed by atoms with Crippen molar-refractivity contribution in [1.82, 2.24) is 4.98 Å². The molecule has 0 saturated carbocycles. The van der Waals surface area contributed by atoms with Crippen molar-refractivity contribution in [2.45, 2.75) is 50.0 Å². The van der Waals surface area contributed by atoms with E-state index >= 15 is 0 Å². The molecule has 1 N–H and O–H groups in total. The maximum absolute atomic E-state index is 12.2. The molecule has 5 nitrogen and oxygen atoms in total. The molecule has 0 unspecified atom stereocenters. The number of nitrogens with zero attached hydrogens (tertiary/aromatic N) is 2. The molecule has 1 amide bonds. The van der Waals surface area contributed by atoms with Gasteiger partial charge in [0.15, 0.2) is 0 Å². The highest BCUT2D eigenvalue weighted by Crippen LogP contribution is 2.27. The first-order valence-electron chi connectivity index (χ1n) is 9.69. The van der Waals surface area contributed by atoms with E-state index in [1.165, 1.54) is 30.2 Å². The minimum Gasteiger partial charge on any atom is -0.497 e. The molecular formula is C22H25N3O2S. The molecule has 0 radical (unpaired) electrons. The zero-order valence-electron chi connectivity index (χ0n) is 16.2. The summed E-state index contributed by atoms with van der Waals surface area (Å²) in [7, 11) is 1.61. The van der Waals surface area contributed by atoms with Gasteiger partial charge in [0.25, 0.3) is 0 Å². The number of nitriles is 1. The lowest BCUT2D eigenvalue weighted by Crippen LogP contribution is -2.12. The molecular weight excluding hydrogens is 370 g/mol. The van der Waals surface area contributed by atoms with Crippen molar-refractivity contribution in [2.75, 3.05) is 18.2 Å². The molecule has 1 heterocycles. The number of amides is 1. The predicted molar refractivity (Wildman–Crippen MR) is 112 cm³/mol. The van der Waals surface area contributed by atoms with E-state index in [1.54, 1.807) is 7.11 Å². The number of thioether (sulfide) groups is 1. The van der Waals surface area contributed by atoms with Crippen LogP contribution in [-0.4, -0.2) is 23.8 Å². The Bertz CT molecular complexity index is 859. The normalized spacial score (nSPS) is 13.6. The molecule has 3 rings (SSSR count). The molecule has 1 aliphatic carbocycles. The molecule has 0 bridgehead atoms. The Labute approximate surface area is 170 Å². The van der Waals surface area contributed by atoms with E-state index in [9.17, 15) is 10.1 Å². The second-order valence-electron chi connectivity index (χ2n) is 6.85. The summed E-state index contributed by atoms with van der Waals surface area (Å²) in [6.45, 7) is 0. The molecule has 1 aromatic carbocycles. The van der Waals surface area contributed by atoms with Crippen molar-refractivity contribution in [1.29, 1.82) is 5.26 Å². The Hall–Kier alpha value is -2.52. The maximum atomic E-state index is 12.2. The van der Waals surface area contributed by atoms with Crippen LogP contribution in [0.2, 0.25) is 0 Å². The predicted octanol–water partition coefficient (Wildman–Crippen LogP) is 4.74. The van der Waals surface area contributed by atoms with E-state index < -0.39 is 0 Å². The summed E-state index contributed by atoms with van der Waals surface area (Å²) >= 11 is 1.49. The van der Waals surface area contributed by atoms with Crippen LogP contribution in [0.1, 0.15) is 48.9 Å². The van der Waals surface area contributed by atoms with Crippen molar-refractivity contribution >= 4 is 23.4 Å². The molecule has 0 atom stereocenters. The molecule has 1 aliphatic rings. The lowest BCUT2D eigenvalue weighted by molar-refractivity contribution is -0.115. The van der Waals surface area contributed by atoms with E-state index in [0.29, 0.717) is 17.7 Å². The number of fused-ring (bicyclic) bond motifs is 1. The van der Waals surface area contributed by atoms with Crippen LogP contribution in [0.5, 0.6) is 5.75 Å². The number of carbonyl (C=O) groups is 1. The summed E-state index contributed by atoms with van der Waals surface area (Å²) in [5, 5.41) is 13.1. The van der Waals surface area contributed by atoms with Gasteiger partial charge in [0.05, 0.1) is 12.7 Å². The van der Waals surface area contributed by atoms with Crippen molar-refractivity contribution in [3.05, 3.63) is 47.2 Å². The van der Waals surface area contributed by atoms with Gasteiger partial charge in [-0.25, -0.2) is 4.98 Å². The van der Waals surface area contributed by atoms with Crippen LogP contribution in [0, 0.1) is 11.3 Å². The fraction of sp³-hybridized carbons (Fsp3) is 0.409. The molecule has 0 spiro atoms. The molecule has 6 heteroatoms. The van der Waals surface area contributed by atoms with Crippen molar-refractivity contribution in [3.63, 3.8) is 0 Å². The van der Waals surface area contributed by atoms with Gasteiger partial charge in [-0.15, -0.1) is 11.8 Å². The molecule has 1 aromatic heterocycles. The molecule has 0 fully saturated rings. The van der Waals surface area contributed by atoms with Gasteiger partial charge in [-0.3, -0.25) is 4.79 Å². The zero-order chi connectivity index (χ0) is 19.8. The third-order valence-electron chi connectivity index (χ3n) is 4.83. The average Bonchev–Trinajstić information content (AvgIpc) is 2.69. The topological polar surface area (TPSA) is 75.0 Å². The lowest BCUT2D eigenvalue weighted by Gasteiger charge is -2.15. The smallest absolute Gasteiger partial charge is 0.225 e. The van der Waals surface area contributed by atoms with Gasteiger partial charge >= 0.3 is 0 Å². The number of aryl methyl sites for hydroxylation is 2. The number of aromatic nitrogens is 1. The Morgan fingerprint density at radius 2 is 1.96 bits per heavy atom. The molecule has 2 aromatic rings. The van der Waals surface area contributed by atoms with E-state index in [1.807, 2.05) is 30.3 Å². The van der Waals surface area contributed by atoms with Gasteiger partial charge in [-0.05, 0) is 61.6 Å². The highest BCUT2D eigenvalue weighted by molar-refractivity contribution is 7.99. The Kier molecular flexibility index (Phi) is 7.32. The maximum Gasteiger partial charge on any atom is 0.225 e. The first kappa shape index (κ1) is 20.2. The lowest BCUT2D eigenvalue weighted by atomic mass is 9.96. The van der Waals surface area contributed by atoms with Crippen LogP contribution < -0.4 is 10.1 Å². The number of anilines is 1. The van der Waals surface area contributed by atoms with Crippen molar-refractivity contribution in [2.24, 2.45) is 0 Å². The van der Waals surface area contributed by atoms with Crippen LogP contribution >= 0.6 is 11.8 Å². The van der Waals surface area contributed by atoms with E-state index in [2.05, 4.69) is 11.4 Å². The van der Waals surface area contributed by atoms with Gasteiger partial charge < -0.3 is 10.1 Å². The Morgan fingerprint density at radius 3 is 2.68 bits per heavy atom. The fourth-order valence-electron chi connectivity index (χ4n) is 3.30. The summed E-state index contributed by atoms with van der Waals surface area (Å²) < 4.78 is 5.11. The number of carbonyl (C=O) groups excluding carboxylic acids is 1. The first-order valence-corrected chi connectivity index (χ1v) is 10.7. The van der Waals surface area contributed by atoms with Crippen LogP contribution in [-0.2, 0) is 17.6 Å². The average molecular weight is 396 g/mol. The molecule has 0 aliphatic heterocycles. The third kappa shape index (κ3) is 5.49. The Balaban J connectivity index is 1.58. The van der Waals surface area contributed by atoms with Crippen molar-refractivity contribution in [3.8, 4) is 11.8 Å². The van der Waals surface area contributed by atoms with E-state index in [-0.39, 0.29) is 5.91 Å². The zero-order valence-corrected chi connectivity index (χ0v) is 17.0. The standard InChI is InChI=1S/C22H25N3O2S/c1-27-19-10-8-18(9-11-19)24-21(26)12-13-28-22-17(15-23)14-16-6-4-2-3-5-7-20(16)25-22/h8-11,14H,2-7,12-13H2,1H3,(H,24,26). The minimum absolute atomic E-state index is 0.0533. The van der Waals surface area contributed by atoms with Gasteiger partial charge in [0, 0.05) is 23.6 Å². The summed E-state index contributed by atoms with van der Waals surface area (Å²) in [4.78, 5) is 17.0. The number of nitrogens with one attached hydrogen (secondary N) is 1. The number of methoxy groups -OCH3 is 1. The monoisotopic (exact) mass is 395 g/mol. The van der Waals surface area contributed by atoms with Crippen LogP contribution in [0.25, 0.3) is 0 Å². The summed E-state index contributed by atoms with van der Waals surface area (Å²) in [6, 6.07) is 11.5. The molecule has 0 saturated heterocycles. The van der Waals surface area contributed by atoms with E-state index in [4.69, 9.17) is 9.72 Å². The highest BCUT2D eigenvalue weighted by atomic mass is 32.2. The second-order valence-corrected chi connectivity index (χ2v) is 7.93. The SMILES string of the molecule is COc1ccc(NC(=O)CCSc2nc3c(cc2C#N)CCCCCC3)cc1. The number of ether oxygens (including phenoxy) is 1. The first-order chi connectivity index (χ1) is 13.7. The molecule has 146 valence electrons. The number of benzene rings is 1. The number of pyridine rings is 1. The third-order valence-corrected chi connectivity index (χ3v) is 5.82. The minimum atomic E-state index is -0.0533. The van der Waals surface area contributed by atoms with Crippen LogP contribution in [0.3, 0.4) is 0 Å². The van der Waals surface area contributed by atoms with Gasteiger partial charge in [0.1, 0.15) is 16.8 Å². The fourth-order valence-corrected chi connectivity index (χ4v) is 4.21. The highest BCUT2D eigenvalue weighted by Gasteiger charge is 2.14. The largest absolute Gasteiger partial charge is 0.497 e. The summed E-state index contributed by atoms with van der Waals surface area (Å²) in [5.41, 5.74) is 3.72. The summed E-state index contributed by atoms with van der Waals surface area (Å²) in [5.74, 6) is 1.28. The number of hydrogen-bond donors (Lipinski definition) is 1. The van der Waals surface area contributed by atoms with Crippen LogP contribution in [0.4, 0.5) is 5.69 Å². The van der Waals surface area contributed by atoms with Gasteiger partial charge in [-0.2, -0.15) is 5.26 Å². The van der Waals surface area contributed by atoms with Gasteiger partial charge in [-0.1, -0.05) is 12.8 Å². The van der Waals surface area contributed by atoms with Gasteiger partial charge in [0.2, 0.25) is 5.91 Å². The second kappa shape index (κ2) is 10.1. The van der Waals surface area contributed by atoms with E-state index in [0.717, 1.165) is 47.8 Å². The van der Waals surface area contributed by atoms with Crippen molar-refractivity contribution < 1.29 is 9.53 Å². The van der Waals surface area contributed by atoms with Crippen LogP contribution in [0.15, 0.2) is 35.4 Å². The summed E-state index contributed by atoms with van der Waals surface area (Å²) in [6.07, 6.45) is 7.16. The molecule has 28 heavy (non-hydrogen) atoms. The number of rotatable bonds is 6. The number of hydrogen-bond acceptors (Lipinski definition) is 5. The quantitative estimate of drug-likeness (QED) is 0.715. The Morgan fingerprint density at radius 1 is 1.21 bits per heavy atom.